The molecule has 0 aliphatic rings. The fraction of sp³-hybridized carbons (Fsp3) is 0.333. The van der Waals surface area contributed by atoms with Crippen molar-refractivity contribution in [1.82, 2.24) is 15.5 Å². The van der Waals surface area contributed by atoms with Gasteiger partial charge in [-0.25, -0.2) is 9.18 Å². The van der Waals surface area contributed by atoms with Gasteiger partial charge in [0.1, 0.15) is 0 Å². The number of carbonyl (C=O) groups excluding carboxylic acids is 1. The minimum atomic E-state index is -0.462. The number of aromatic nitrogens is 2. The lowest BCUT2D eigenvalue weighted by molar-refractivity contribution is 0.249. The molecule has 0 aliphatic heterocycles. The Bertz CT molecular complexity index is 665. The summed E-state index contributed by atoms with van der Waals surface area (Å²) in [5, 5.41) is 12.3. The summed E-state index contributed by atoms with van der Waals surface area (Å²) in [6.45, 7) is 5.38. The summed E-state index contributed by atoms with van der Waals surface area (Å²) in [7, 11) is 1.41. The molecule has 0 spiro atoms. The van der Waals surface area contributed by atoms with E-state index in [2.05, 4.69) is 20.8 Å². The second-order valence-electron chi connectivity index (χ2n) is 5.02. The van der Waals surface area contributed by atoms with E-state index in [1.165, 1.54) is 19.2 Å². The summed E-state index contributed by atoms with van der Waals surface area (Å²) in [5.41, 5.74) is 2.77. The Balaban J connectivity index is 2.04. The van der Waals surface area contributed by atoms with Gasteiger partial charge in [-0.3, -0.25) is 5.10 Å². The van der Waals surface area contributed by atoms with Crippen LogP contribution in [0.25, 0.3) is 0 Å². The molecular formula is C15H19FN4O2. The molecule has 1 unspecified atom stereocenters. The van der Waals surface area contributed by atoms with Gasteiger partial charge < -0.3 is 15.4 Å². The smallest absolute Gasteiger partial charge is 0.319 e. The van der Waals surface area contributed by atoms with Crippen molar-refractivity contribution in [3.8, 4) is 5.75 Å². The van der Waals surface area contributed by atoms with Crippen molar-refractivity contribution >= 4 is 11.7 Å². The molecule has 1 heterocycles. The van der Waals surface area contributed by atoms with Gasteiger partial charge in [-0.1, -0.05) is 6.07 Å². The molecule has 2 aromatic rings. The van der Waals surface area contributed by atoms with E-state index < -0.39 is 5.82 Å². The lowest BCUT2D eigenvalue weighted by atomic mass is 10.1. The normalized spacial score (nSPS) is 11.9. The summed E-state index contributed by atoms with van der Waals surface area (Å²) < 4.78 is 18.6. The van der Waals surface area contributed by atoms with Crippen molar-refractivity contribution in [2.75, 3.05) is 12.4 Å². The number of aryl methyl sites for hydroxylation is 2. The van der Waals surface area contributed by atoms with Crippen LogP contribution in [0.3, 0.4) is 0 Å². The average Bonchev–Trinajstić information content (AvgIpc) is 2.79. The molecule has 118 valence electrons. The van der Waals surface area contributed by atoms with Crippen LogP contribution in [-0.4, -0.2) is 23.3 Å². The van der Waals surface area contributed by atoms with Gasteiger partial charge in [0.15, 0.2) is 11.6 Å². The van der Waals surface area contributed by atoms with E-state index in [0.717, 1.165) is 5.69 Å². The van der Waals surface area contributed by atoms with Gasteiger partial charge >= 0.3 is 6.03 Å². The summed E-state index contributed by atoms with van der Waals surface area (Å²) in [6.07, 6.45) is 0. The number of hydrogen-bond donors (Lipinski definition) is 3. The topological polar surface area (TPSA) is 79.0 Å². The molecular weight excluding hydrogens is 287 g/mol. The second kappa shape index (κ2) is 6.46. The average molecular weight is 306 g/mol. The van der Waals surface area contributed by atoms with Gasteiger partial charge in [-0.15, -0.1) is 0 Å². The molecule has 7 heteroatoms. The number of benzene rings is 1. The van der Waals surface area contributed by atoms with Gasteiger partial charge in [0.05, 0.1) is 30.2 Å². The minimum Gasteiger partial charge on any atom is -0.494 e. The molecule has 2 rings (SSSR count). The maximum Gasteiger partial charge on any atom is 0.319 e. The number of amides is 2. The van der Waals surface area contributed by atoms with Crippen molar-refractivity contribution in [1.29, 1.82) is 0 Å². The number of methoxy groups -OCH3 is 1. The number of anilines is 1. The van der Waals surface area contributed by atoms with E-state index in [1.54, 1.807) is 19.9 Å². The third kappa shape index (κ3) is 3.36. The molecule has 1 aromatic carbocycles. The number of carbonyl (C=O) groups is 1. The van der Waals surface area contributed by atoms with Gasteiger partial charge in [0.2, 0.25) is 0 Å². The number of urea groups is 1. The molecule has 0 radical (unpaired) electrons. The Morgan fingerprint density at radius 2 is 2.14 bits per heavy atom. The van der Waals surface area contributed by atoms with Crippen LogP contribution in [0.2, 0.25) is 0 Å². The molecule has 1 atom stereocenters. The monoisotopic (exact) mass is 306 g/mol. The molecule has 0 saturated heterocycles. The summed E-state index contributed by atoms with van der Waals surface area (Å²) in [6, 6.07) is 3.86. The predicted molar refractivity (Wildman–Crippen MR) is 81.6 cm³/mol. The van der Waals surface area contributed by atoms with E-state index in [9.17, 15) is 9.18 Å². The van der Waals surface area contributed by atoms with Crippen LogP contribution in [0.15, 0.2) is 18.2 Å². The van der Waals surface area contributed by atoms with Crippen molar-refractivity contribution in [2.24, 2.45) is 0 Å². The Morgan fingerprint density at radius 1 is 1.41 bits per heavy atom. The molecule has 0 aliphatic carbocycles. The minimum absolute atomic E-state index is 0.171. The highest BCUT2D eigenvalue weighted by molar-refractivity contribution is 5.90. The summed E-state index contributed by atoms with van der Waals surface area (Å²) in [5.74, 6) is -0.291. The Morgan fingerprint density at radius 3 is 2.68 bits per heavy atom. The van der Waals surface area contributed by atoms with Crippen LogP contribution in [0.1, 0.15) is 29.9 Å². The first-order valence-electron chi connectivity index (χ1n) is 6.85. The molecule has 0 bridgehead atoms. The zero-order chi connectivity index (χ0) is 16.3. The third-order valence-corrected chi connectivity index (χ3v) is 3.39. The first-order valence-corrected chi connectivity index (χ1v) is 6.85. The van der Waals surface area contributed by atoms with Gasteiger partial charge in [0, 0.05) is 0 Å². The molecule has 22 heavy (non-hydrogen) atoms. The van der Waals surface area contributed by atoms with Crippen molar-refractivity contribution < 1.29 is 13.9 Å². The number of nitrogens with one attached hydrogen (secondary N) is 3. The maximum absolute atomic E-state index is 13.7. The zero-order valence-corrected chi connectivity index (χ0v) is 13.0. The van der Waals surface area contributed by atoms with Crippen LogP contribution in [0.4, 0.5) is 14.9 Å². The Hall–Kier alpha value is -2.57. The van der Waals surface area contributed by atoms with E-state index in [1.807, 2.05) is 6.92 Å². The lowest BCUT2D eigenvalue weighted by Gasteiger charge is -2.16. The summed E-state index contributed by atoms with van der Waals surface area (Å²) in [4.78, 5) is 12.0. The van der Waals surface area contributed by atoms with Crippen molar-refractivity contribution in [2.45, 2.75) is 26.8 Å². The maximum atomic E-state index is 13.7. The Labute approximate surface area is 128 Å². The van der Waals surface area contributed by atoms with Gasteiger partial charge in [0.25, 0.3) is 0 Å². The number of nitrogens with zero attached hydrogens (tertiary/aromatic N) is 1. The zero-order valence-electron chi connectivity index (χ0n) is 13.0. The molecule has 1 aromatic heterocycles. The predicted octanol–water partition coefficient (Wildman–Crippen LogP) is 3.06. The first-order chi connectivity index (χ1) is 10.4. The van der Waals surface area contributed by atoms with Gasteiger partial charge in [-0.2, -0.15) is 5.10 Å². The number of ether oxygens (including phenoxy) is 1. The number of hydrogen-bond acceptors (Lipinski definition) is 3. The van der Waals surface area contributed by atoms with Crippen LogP contribution in [0, 0.1) is 19.7 Å². The second-order valence-corrected chi connectivity index (χ2v) is 5.02. The van der Waals surface area contributed by atoms with Crippen LogP contribution in [0.5, 0.6) is 5.75 Å². The molecule has 6 nitrogen and oxygen atoms in total. The van der Waals surface area contributed by atoms with E-state index >= 15 is 0 Å². The summed E-state index contributed by atoms with van der Waals surface area (Å²) >= 11 is 0. The van der Waals surface area contributed by atoms with Crippen LogP contribution < -0.4 is 15.4 Å². The standard InChI is InChI=1S/C15H19FN4O2/c1-8(11-5-6-13(22-4)12(16)7-11)17-15(21)18-14-9(2)19-20-10(14)3/h5-8H,1-4H3,(H,19,20)(H2,17,18,21). The molecule has 3 N–H and O–H groups in total. The van der Waals surface area contributed by atoms with Crippen LogP contribution >= 0.6 is 0 Å². The lowest BCUT2D eigenvalue weighted by Crippen LogP contribution is -2.31. The highest BCUT2D eigenvalue weighted by Crippen LogP contribution is 2.22. The Kier molecular flexibility index (Phi) is 4.65. The quantitative estimate of drug-likeness (QED) is 0.812. The van der Waals surface area contributed by atoms with E-state index in [0.29, 0.717) is 16.9 Å². The van der Waals surface area contributed by atoms with E-state index in [4.69, 9.17) is 4.74 Å². The fourth-order valence-corrected chi connectivity index (χ4v) is 2.12. The number of rotatable bonds is 4. The number of halogens is 1. The third-order valence-electron chi connectivity index (χ3n) is 3.39. The van der Waals surface area contributed by atoms with Crippen molar-refractivity contribution in [3.63, 3.8) is 0 Å². The molecule has 2 amide bonds. The largest absolute Gasteiger partial charge is 0.494 e. The SMILES string of the molecule is COc1ccc(C(C)NC(=O)Nc2c(C)n[nH]c2C)cc1F. The van der Waals surface area contributed by atoms with Crippen molar-refractivity contribution in [3.05, 3.63) is 41.0 Å². The highest BCUT2D eigenvalue weighted by atomic mass is 19.1. The fourth-order valence-electron chi connectivity index (χ4n) is 2.12. The first kappa shape index (κ1) is 15.8. The number of aromatic amines is 1. The van der Waals surface area contributed by atoms with E-state index in [-0.39, 0.29) is 17.8 Å². The molecule has 0 saturated carbocycles. The highest BCUT2D eigenvalue weighted by Gasteiger charge is 2.14. The molecule has 0 fully saturated rings. The number of H-pyrrole nitrogens is 1. The van der Waals surface area contributed by atoms with Crippen LogP contribution in [-0.2, 0) is 0 Å². The van der Waals surface area contributed by atoms with Gasteiger partial charge in [-0.05, 0) is 38.5 Å².